The topological polar surface area (TPSA) is 32.3 Å². The Balaban J connectivity index is 1.61. The maximum Gasteiger partial charge on any atom is 0.227 e. The highest BCUT2D eigenvalue weighted by Gasteiger charge is 2.26. The summed E-state index contributed by atoms with van der Waals surface area (Å²) in [6, 6.07) is 12.9. The Kier molecular flexibility index (Phi) is 4.84. The van der Waals surface area contributed by atoms with Gasteiger partial charge in [-0.15, -0.1) is 0 Å². The van der Waals surface area contributed by atoms with E-state index < -0.39 is 0 Å². The largest absolute Gasteiger partial charge is 0.369 e. The van der Waals surface area contributed by atoms with Gasteiger partial charge in [-0.2, -0.15) is 0 Å². The number of piperidine rings is 1. The van der Waals surface area contributed by atoms with Gasteiger partial charge in [0.2, 0.25) is 5.91 Å². The summed E-state index contributed by atoms with van der Waals surface area (Å²) in [5.41, 5.74) is 3.71. The molecular formula is C20H23FN2O. The predicted octanol–water partition coefficient (Wildman–Crippen LogP) is 4.30. The molecule has 1 heterocycles. The van der Waals surface area contributed by atoms with Gasteiger partial charge in [-0.25, -0.2) is 4.39 Å². The van der Waals surface area contributed by atoms with Crippen LogP contribution < -0.4 is 10.2 Å². The van der Waals surface area contributed by atoms with Gasteiger partial charge < -0.3 is 10.2 Å². The van der Waals surface area contributed by atoms with Crippen molar-refractivity contribution in [2.45, 2.75) is 26.7 Å². The maximum absolute atomic E-state index is 13.9. The van der Waals surface area contributed by atoms with Crippen molar-refractivity contribution in [2.24, 2.45) is 5.92 Å². The van der Waals surface area contributed by atoms with E-state index >= 15 is 0 Å². The van der Waals surface area contributed by atoms with E-state index in [0.717, 1.165) is 29.7 Å². The molecule has 24 heavy (non-hydrogen) atoms. The molecule has 0 unspecified atom stereocenters. The molecule has 3 nitrogen and oxygen atoms in total. The van der Waals surface area contributed by atoms with Crippen LogP contribution in [0.4, 0.5) is 15.8 Å². The second-order valence-electron chi connectivity index (χ2n) is 6.52. The minimum absolute atomic E-state index is 0.0204. The fraction of sp³-hybridized carbons (Fsp3) is 0.350. The third kappa shape index (κ3) is 3.58. The second kappa shape index (κ2) is 7.04. The van der Waals surface area contributed by atoms with Crippen LogP contribution in [0.3, 0.4) is 0 Å². The van der Waals surface area contributed by atoms with Gasteiger partial charge in [-0.3, -0.25) is 4.79 Å². The first kappa shape index (κ1) is 16.5. The zero-order valence-electron chi connectivity index (χ0n) is 14.2. The normalized spacial score (nSPS) is 15.4. The van der Waals surface area contributed by atoms with Crippen LogP contribution in [0.2, 0.25) is 0 Å². The van der Waals surface area contributed by atoms with Crippen LogP contribution in [0.25, 0.3) is 0 Å². The molecule has 0 aliphatic carbocycles. The number of benzene rings is 2. The summed E-state index contributed by atoms with van der Waals surface area (Å²) in [6.45, 7) is 5.41. The molecule has 3 rings (SSSR count). The number of amides is 1. The zero-order valence-corrected chi connectivity index (χ0v) is 14.2. The fourth-order valence-electron chi connectivity index (χ4n) is 3.20. The molecule has 0 radical (unpaired) electrons. The van der Waals surface area contributed by atoms with Crippen molar-refractivity contribution in [3.8, 4) is 0 Å². The highest BCUT2D eigenvalue weighted by atomic mass is 19.1. The van der Waals surface area contributed by atoms with Crippen LogP contribution in [0.15, 0.2) is 42.5 Å². The Hall–Kier alpha value is -2.36. The van der Waals surface area contributed by atoms with Crippen LogP contribution >= 0.6 is 0 Å². The maximum atomic E-state index is 13.9. The quantitative estimate of drug-likeness (QED) is 0.912. The SMILES string of the molecule is Cc1ccc(C)c(NC(=O)C2CCN(c3ccccc3F)CC2)c1. The van der Waals surface area contributed by atoms with Crippen molar-refractivity contribution in [3.63, 3.8) is 0 Å². The zero-order chi connectivity index (χ0) is 17.1. The summed E-state index contributed by atoms with van der Waals surface area (Å²) in [6.07, 6.45) is 1.48. The number of anilines is 2. The average molecular weight is 326 g/mol. The van der Waals surface area contributed by atoms with E-state index in [1.807, 2.05) is 43.0 Å². The summed E-state index contributed by atoms with van der Waals surface area (Å²) < 4.78 is 13.9. The van der Waals surface area contributed by atoms with E-state index in [1.54, 1.807) is 12.1 Å². The third-order valence-electron chi connectivity index (χ3n) is 4.71. The summed E-state index contributed by atoms with van der Waals surface area (Å²) >= 11 is 0. The van der Waals surface area contributed by atoms with Crippen molar-refractivity contribution in [3.05, 3.63) is 59.4 Å². The molecule has 1 aliphatic rings. The van der Waals surface area contributed by atoms with E-state index in [2.05, 4.69) is 5.32 Å². The minimum Gasteiger partial charge on any atom is -0.369 e. The standard InChI is InChI=1S/C20H23FN2O/c1-14-7-8-15(2)18(13-14)22-20(24)16-9-11-23(12-10-16)19-6-4-3-5-17(19)21/h3-8,13,16H,9-12H2,1-2H3,(H,22,24). The number of carbonyl (C=O) groups excluding carboxylic acids is 1. The lowest BCUT2D eigenvalue weighted by molar-refractivity contribution is -0.120. The predicted molar refractivity (Wildman–Crippen MR) is 95.9 cm³/mol. The Morgan fingerprint density at radius 1 is 1.12 bits per heavy atom. The van der Waals surface area contributed by atoms with Gasteiger partial charge in [0.25, 0.3) is 0 Å². The summed E-state index contributed by atoms with van der Waals surface area (Å²) in [5.74, 6) is -0.152. The lowest BCUT2D eigenvalue weighted by Crippen LogP contribution is -2.38. The number of hydrogen-bond acceptors (Lipinski definition) is 2. The Morgan fingerprint density at radius 2 is 1.83 bits per heavy atom. The Labute approximate surface area is 142 Å². The molecule has 4 heteroatoms. The number of aryl methyl sites for hydroxylation is 2. The number of hydrogen-bond donors (Lipinski definition) is 1. The highest BCUT2D eigenvalue weighted by Crippen LogP contribution is 2.26. The first-order valence-electron chi connectivity index (χ1n) is 8.42. The van der Waals surface area contributed by atoms with Crippen LogP contribution in [-0.4, -0.2) is 19.0 Å². The molecule has 1 N–H and O–H groups in total. The fourth-order valence-corrected chi connectivity index (χ4v) is 3.20. The molecule has 126 valence electrons. The number of carbonyl (C=O) groups is 1. The summed E-state index contributed by atoms with van der Waals surface area (Å²) in [4.78, 5) is 14.6. The molecule has 2 aromatic rings. The number of nitrogens with one attached hydrogen (secondary N) is 1. The monoisotopic (exact) mass is 326 g/mol. The van der Waals surface area contributed by atoms with Crippen molar-refractivity contribution < 1.29 is 9.18 Å². The first-order chi connectivity index (χ1) is 11.5. The molecule has 0 saturated carbocycles. The van der Waals surface area contributed by atoms with E-state index in [1.165, 1.54) is 6.07 Å². The molecular weight excluding hydrogens is 303 g/mol. The van der Waals surface area contributed by atoms with Crippen molar-refractivity contribution in [2.75, 3.05) is 23.3 Å². The van der Waals surface area contributed by atoms with Crippen molar-refractivity contribution >= 4 is 17.3 Å². The van der Waals surface area contributed by atoms with Crippen molar-refractivity contribution in [1.29, 1.82) is 0 Å². The van der Waals surface area contributed by atoms with Crippen LogP contribution in [0.1, 0.15) is 24.0 Å². The third-order valence-corrected chi connectivity index (χ3v) is 4.71. The summed E-state index contributed by atoms with van der Waals surface area (Å²) in [7, 11) is 0. The Bertz CT molecular complexity index is 736. The molecule has 2 aromatic carbocycles. The van der Waals surface area contributed by atoms with E-state index in [4.69, 9.17) is 0 Å². The van der Waals surface area contributed by atoms with E-state index in [0.29, 0.717) is 18.8 Å². The van der Waals surface area contributed by atoms with Gasteiger partial charge in [0.15, 0.2) is 0 Å². The Morgan fingerprint density at radius 3 is 2.54 bits per heavy atom. The van der Waals surface area contributed by atoms with Gasteiger partial charge in [0.05, 0.1) is 5.69 Å². The smallest absolute Gasteiger partial charge is 0.227 e. The van der Waals surface area contributed by atoms with Gasteiger partial charge in [-0.1, -0.05) is 24.3 Å². The molecule has 1 amide bonds. The average Bonchev–Trinajstić information content (AvgIpc) is 2.59. The van der Waals surface area contributed by atoms with Crippen LogP contribution in [0.5, 0.6) is 0 Å². The number of halogens is 1. The molecule has 1 saturated heterocycles. The van der Waals surface area contributed by atoms with Gasteiger partial charge >= 0.3 is 0 Å². The number of nitrogens with zero attached hydrogens (tertiary/aromatic N) is 1. The van der Waals surface area contributed by atoms with Crippen molar-refractivity contribution in [1.82, 2.24) is 0 Å². The molecule has 0 atom stereocenters. The van der Waals surface area contributed by atoms with E-state index in [-0.39, 0.29) is 17.6 Å². The lowest BCUT2D eigenvalue weighted by Gasteiger charge is -2.33. The minimum atomic E-state index is -0.198. The van der Waals surface area contributed by atoms with E-state index in [9.17, 15) is 9.18 Å². The number of para-hydroxylation sites is 1. The highest BCUT2D eigenvalue weighted by molar-refractivity contribution is 5.93. The van der Waals surface area contributed by atoms with Gasteiger partial charge in [0, 0.05) is 24.7 Å². The first-order valence-corrected chi connectivity index (χ1v) is 8.42. The van der Waals surface area contributed by atoms with Crippen LogP contribution in [-0.2, 0) is 4.79 Å². The lowest BCUT2D eigenvalue weighted by atomic mass is 9.95. The molecule has 0 aromatic heterocycles. The summed E-state index contributed by atoms with van der Waals surface area (Å²) in [5, 5.41) is 3.06. The molecule has 1 fully saturated rings. The number of rotatable bonds is 3. The van der Waals surface area contributed by atoms with Crippen LogP contribution in [0, 0.1) is 25.6 Å². The van der Waals surface area contributed by atoms with Gasteiger partial charge in [-0.05, 0) is 56.0 Å². The second-order valence-corrected chi connectivity index (χ2v) is 6.52. The molecule has 0 bridgehead atoms. The molecule has 0 spiro atoms. The van der Waals surface area contributed by atoms with Gasteiger partial charge in [0.1, 0.15) is 5.82 Å². The molecule has 1 aliphatic heterocycles.